The Bertz CT molecular complexity index is 336. The highest BCUT2D eigenvalue weighted by Gasteiger charge is 2.22. The van der Waals surface area contributed by atoms with Gasteiger partial charge < -0.3 is 5.32 Å². The lowest BCUT2D eigenvalue weighted by Crippen LogP contribution is -2.33. The summed E-state index contributed by atoms with van der Waals surface area (Å²) in [6.45, 7) is 7.99. The zero-order chi connectivity index (χ0) is 11.5. The first-order valence-corrected chi connectivity index (χ1v) is 5.51. The summed E-state index contributed by atoms with van der Waals surface area (Å²) in [7, 11) is 0. The molecule has 0 aliphatic carbocycles. The van der Waals surface area contributed by atoms with Crippen LogP contribution in [0.25, 0.3) is 0 Å². The van der Waals surface area contributed by atoms with Crippen molar-refractivity contribution in [3.8, 4) is 0 Å². The molecule has 0 radical (unpaired) electrons. The van der Waals surface area contributed by atoms with Gasteiger partial charge in [0.05, 0.1) is 0 Å². The molecule has 1 aromatic carbocycles. The summed E-state index contributed by atoms with van der Waals surface area (Å²) >= 11 is 6.03. The van der Waals surface area contributed by atoms with Crippen molar-refractivity contribution in [3.63, 3.8) is 0 Å². The fourth-order valence-corrected chi connectivity index (χ4v) is 1.99. The molecule has 0 aliphatic heterocycles. The summed E-state index contributed by atoms with van der Waals surface area (Å²) in [4.78, 5) is 0. The third-order valence-corrected chi connectivity index (χ3v) is 2.79. The Labute approximate surface area is 95.6 Å². The molecule has 0 atom stereocenters. The van der Waals surface area contributed by atoms with Gasteiger partial charge in [0.15, 0.2) is 0 Å². The van der Waals surface area contributed by atoms with Gasteiger partial charge in [0.1, 0.15) is 5.82 Å². The van der Waals surface area contributed by atoms with Crippen LogP contribution >= 0.6 is 11.6 Å². The van der Waals surface area contributed by atoms with Crippen LogP contribution in [-0.4, -0.2) is 13.1 Å². The van der Waals surface area contributed by atoms with Gasteiger partial charge in [0.2, 0.25) is 0 Å². The van der Waals surface area contributed by atoms with Crippen LogP contribution in [-0.2, 0) is 5.41 Å². The Morgan fingerprint density at radius 2 is 2.07 bits per heavy atom. The molecule has 0 saturated heterocycles. The molecule has 1 rings (SSSR count). The summed E-state index contributed by atoms with van der Waals surface area (Å²) in [5.41, 5.74) is 0.896. The largest absolute Gasteiger partial charge is 0.316 e. The van der Waals surface area contributed by atoms with E-state index in [0.29, 0.717) is 5.02 Å². The van der Waals surface area contributed by atoms with Gasteiger partial charge in [-0.05, 0) is 24.2 Å². The number of hydrogen-bond donors (Lipinski definition) is 1. The van der Waals surface area contributed by atoms with Crippen molar-refractivity contribution in [2.24, 2.45) is 0 Å². The van der Waals surface area contributed by atoms with Crippen LogP contribution in [0.3, 0.4) is 0 Å². The van der Waals surface area contributed by atoms with Gasteiger partial charge in [-0.1, -0.05) is 38.4 Å². The van der Waals surface area contributed by atoms with Crippen LogP contribution in [0.15, 0.2) is 18.2 Å². The van der Waals surface area contributed by atoms with Gasteiger partial charge in [0, 0.05) is 17.0 Å². The third kappa shape index (κ3) is 3.18. The van der Waals surface area contributed by atoms with E-state index in [1.807, 2.05) is 0 Å². The Morgan fingerprint density at radius 1 is 1.40 bits per heavy atom. The molecule has 1 nitrogen and oxygen atoms in total. The Hall–Kier alpha value is -0.600. The van der Waals surface area contributed by atoms with Crippen LogP contribution in [0.5, 0.6) is 0 Å². The molecule has 0 fully saturated rings. The number of hydrogen-bond acceptors (Lipinski definition) is 1. The fraction of sp³-hybridized carbons (Fsp3) is 0.500. The van der Waals surface area contributed by atoms with Crippen molar-refractivity contribution >= 4 is 11.6 Å². The highest BCUT2D eigenvalue weighted by Crippen LogP contribution is 2.29. The van der Waals surface area contributed by atoms with Crippen molar-refractivity contribution in [1.29, 1.82) is 0 Å². The minimum absolute atomic E-state index is 0.0825. The van der Waals surface area contributed by atoms with Crippen molar-refractivity contribution < 1.29 is 4.39 Å². The summed E-state index contributed by atoms with van der Waals surface area (Å²) in [6, 6.07) is 4.58. The lowest BCUT2D eigenvalue weighted by molar-refractivity contribution is 0.476. The molecule has 3 heteroatoms. The number of nitrogens with one attached hydrogen (secondary N) is 1. The van der Waals surface area contributed by atoms with Crippen molar-refractivity contribution in [1.82, 2.24) is 5.32 Å². The quantitative estimate of drug-likeness (QED) is 0.835. The zero-order valence-corrected chi connectivity index (χ0v) is 10.2. The standard InChI is InChI=1S/C12H17ClFN/c1-4-15-8-12(2,3)10-6-5-9(14)7-11(10)13/h5-7,15H,4,8H2,1-3H3. The average molecular weight is 230 g/mol. The van der Waals surface area contributed by atoms with Crippen LogP contribution in [0.4, 0.5) is 4.39 Å². The van der Waals surface area contributed by atoms with Gasteiger partial charge in [-0.2, -0.15) is 0 Å². The molecular formula is C12H17ClFN. The highest BCUT2D eigenvalue weighted by molar-refractivity contribution is 6.31. The molecule has 0 aromatic heterocycles. The first kappa shape index (κ1) is 12.5. The Kier molecular flexibility index (Phi) is 4.12. The van der Waals surface area contributed by atoms with Gasteiger partial charge in [-0.25, -0.2) is 4.39 Å². The summed E-state index contributed by atoms with van der Waals surface area (Å²) in [6.07, 6.45) is 0. The summed E-state index contributed by atoms with van der Waals surface area (Å²) in [5, 5.41) is 3.77. The maximum Gasteiger partial charge on any atom is 0.124 e. The third-order valence-electron chi connectivity index (χ3n) is 2.48. The lowest BCUT2D eigenvalue weighted by atomic mass is 9.84. The number of rotatable bonds is 4. The van der Waals surface area contributed by atoms with Crippen LogP contribution < -0.4 is 5.32 Å². The van der Waals surface area contributed by atoms with Crippen molar-refractivity contribution in [2.75, 3.05) is 13.1 Å². The molecule has 0 saturated carbocycles. The Balaban J connectivity index is 2.93. The summed E-state index contributed by atoms with van der Waals surface area (Å²) < 4.78 is 12.9. The van der Waals surface area contributed by atoms with E-state index >= 15 is 0 Å². The number of halogens is 2. The van der Waals surface area contributed by atoms with Crippen molar-refractivity contribution in [3.05, 3.63) is 34.6 Å². The molecule has 0 heterocycles. The van der Waals surface area contributed by atoms with E-state index in [-0.39, 0.29) is 11.2 Å². The zero-order valence-electron chi connectivity index (χ0n) is 9.40. The average Bonchev–Trinajstić information content (AvgIpc) is 2.14. The van der Waals surface area contributed by atoms with E-state index in [1.54, 1.807) is 6.07 Å². The molecule has 84 valence electrons. The van der Waals surface area contributed by atoms with Crippen LogP contribution in [0, 0.1) is 5.82 Å². The number of likely N-dealkylation sites (N-methyl/N-ethyl adjacent to an activating group) is 1. The van der Waals surface area contributed by atoms with Gasteiger partial charge >= 0.3 is 0 Å². The molecular weight excluding hydrogens is 213 g/mol. The first-order chi connectivity index (χ1) is 6.97. The molecule has 1 N–H and O–H groups in total. The second-order valence-electron chi connectivity index (χ2n) is 4.29. The normalized spacial score (nSPS) is 11.8. The first-order valence-electron chi connectivity index (χ1n) is 5.13. The number of benzene rings is 1. The molecule has 1 aromatic rings. The minimum Gasteiger partial charge on any atom is -0.316 e. The van der Waals surface area contributed by atoms with E-state index in [1.165, 1.54) is 12.1 Å². The van der Waals surface area contributed by atoms with Crippen molar-refractivity contribution in [2.45, 2.75) is 26.2 Å². The lowest BCUT2D eigenvalue weighted by Gasteiger charge is -2.26. The maximum absolute atomic E-state index is 12.9. The Morgan fingerprint density at radius 3 is 2.60 bits per heavy atom. The van der Waals surface area contributed by atoms with Gasteiger partial charge in [-0.3, -0.25) is 0 Å². The predicted molar refractivity (Wildman–Crippen MR) is 63.0 cm³/mol. The smallest absolute Gasteiger partial charge is 0.124 e. The van der Waals surface area contributed by atoms with E-state index < -0.39 is 0 Å². The monoisotopic (exact) mass is 229 g/mol. The highest BCUT2D eigenvalue weighted by atomic mass is 35.5. The summed E-state index contributed by atoms with van der Waals surface area (Å²) in [5.74, 6) is -0.289. The minimum atomic E-state index is -0.289. The molecule has 15 heavy (non-hydrogen) atoms. The van der Waals surface area contributed by atoms with Gasteiger partial charge in [-0.15, -0.1) is 0 Å². The topological polar surface area (TPSA) is 12.0 Å². The second kappa shape index (κ2) is 4.95. The van der Waals surface area contributed by atoms with Crippen LogP contribution in [0.1, 0.15) is 26.3 Å². The van der Waals surface area contributed by atoms with E-state index in [2.05, 4.69) is 26.1 Å². The van der Waals surface area contributed by atoms with E-state index in [4.69, 9.17) is 11.6 Å². The molecule has 0 aliphatic rings. The molecule has 0 amide bonds. The van der Waals surface area contributed by atoms with E-state index in [0.717, 1.165) is 18.7 Å². The van der Waals surface area contributed by atoms with Crippen LogP contribution in [0.2, 0.25) is 5.02 Å². The molecule has 0 unspecified atom stereocenters. The second-order valence-corrected chi connectivity index (χ2v) is 4.70. The molecule has 0 bridgehead atoms. The fourth-order valence-electron chi connectivity index (χ4n) is 1.57. The van der Waals surface area contributed by atoms with E-state index in [9.17, 15) is 4.39 Å². The SMILES string of the molecule is CCNCC(C)(C)c1ccc(F)cc1Cl. The van der Waals surface area contributed by atoms with Gasteiger partial charge in [0.25, 0.3) is 0 Å². The molecule has 0 spiro atoms. The predicted octanol–water partition coefficient (Wildman–Crippen LogP) is 3.37. The maximum atomic E-state index is 12.9.